The fraction of sp³-hybridized carbons (Fsp3) is 0.381. The number of unbranched alkanes of at least 4 members (excludes halogenated alkanes) is 1. The maximum atomic E-state index is 12.7. The maximum Gasteiger partial charge on any atom is 0.263 e. The molecule has 2 aromatic carbocycles. The van der Waals surface area contributed by atoms with E-state index in [1.165, 1.54) is 18.2 Å². The van der Waals surface area contributed by atoms with Crippen molar-refractivity contribution < 1.29 is 13.2 Å². The van der Waals surface area contributed by atoms with Gasteiger partial charge in [-0.05, 0) is 42.7 Å². The molecule has 28 heavy (non-hydrogen) atoms. The first-order valence-corrected chi connectivity index (χ1v) is 11.4. The highest BCUT2D eigenvalue weighted by molar-refractivity contribution is 7.92. The molecule has 2 rings (SSSR count). The third-order valence-electron chi connectivity index (χ3n) is 4.60. The van der Waals surface area contributed by atoms with Crippen LogP contribution in [0.5, 0.6) is 0 Å². The van der Waals surface area contributed by atoms with E-state index in [-0.39, 0.29) is 21.4 Å². The van der Waals surface area contributed by atoms with Crippen molar-refractivity contribution >= 4 is 33.2 Å². The molecule has 0 aliphatic heterocycles. The second-order valence-electron chi connectivity index (χ2n) is 6.74. The van der Waals surface area contributed by atoms with Gasteiger partial charge in [0.25, 0.3) is 15.9 Å². The average Bonchev–Trinajstić information content (AvgIpc) is 2.68. The van der Waals surface area contributed by atoms with Crippen LogP contribution in [0.2, 0.25) is 5.02 Å². The Morgan fingerprint density at radius 1 is 1.11 bits per heavy atom. The van der Waals surface area contributed by atoms with Crippen LogP contribution in [0, 0.1) is 5.92 Å². The molecule has 152 valence electrons. The lowest BCUT2D eigenvalue weighted by Crippen LogP contribution is -2.29. The number of sulfonamides is 1. The Hall–Kier alpha value is -2.05. The first kappa shape index (κ1) is 22.2. The van der Waals surface area contributed by atoms with Gasteiger partial charge in [-0.25, -0.2) is 8.42 Å². The summed E-state index contributed by atoms with van der Waals surface area (Å²) in [5, 5.41) is 2.97. The largest absolute Gasteiger partial charge is 0.352 e. The monoisotopic (exact) mass is 422 g/mol. The maximum absolute atomic E-state index is 12.7. The molecule has 1 unspecified atom stereocenters. The molecular formula is C21H27ClN2O3S. The number of hydrogen-bond donors (Lipinski definition) is 2. The van der Waals surface area contributed by atoms with Crippen LogP contribution >= 0.6 is 11.6 Å². The van der Waals surface area contributed by atoms with Crippen LogP contribution in [0.15, 0.2) is 53.4 Å². The van der Waals surface area contributed by atoms with Crippen LogP contribution in [0.3, 0.4) is 0 Å². The van der Waals surface area contributed by atoms with Crippen LogP contribution in [-0.4, -0.2) is 20.9 Å². The van der Waals surface area contributed by atoms with Crippen LogP contribution in [0.1, 0.15) is 49.9 Å². The van der Waals surface area contributed by atoms with E-state index in [1.54, 1.807) is 30.3 Å². The number of anilines is 1. The summed E-state index contributed by atoms with van der Waals surface area (Å²) < 4.78 is 27.9. The van der Waals surface area contributed by atoms with Gasteiger partial charge in [0, 0.05) is 17.8 Å². The molecular weight excluding hydrogens is 396 g/mol. The first-order valence-electron chi connectivity index (χ1n) is 9.53. The zero-order valence-corrected chi connectivity index (χ0v) is 17.8. The molecule has 1 atom stereocenters. The fourth-order valence-electron chi connectivity index (χ4n) is 2.85. The van der Waals surface area contributed by atoms with Crippen LogP contribution in [-0.2, 0) is 10.0 Å². The van der Waals surface area contributed by atoms with Gasteiger partial charge in [0.1, 0.15) is 4.90 Å². The predicted octanol–water partition coefficient (Wildman–Crippen LogP) is 5.09. The predicted molar refractivity (Wildman–Crippen MR) is 114 cm³/mol. The first-order chi connectivity index (χ1) is 13.4. The molecule has 2 N–H and O–H groups in total. The number of rotatable bonds is 10. The minimum atomic E-state index is -3.91. The van der Waals surface area contributed by atoms with Crippen LogP contribution in [0.25, 0.3) is 0 Å². The van der Waals surface area contributed by atoms with E-state index in [0.717, 1.165) is 25.7 Å². The van der Waals surface area contributed by atoms with Crippen molar-refractivity contribution in [1.29, 1.82) is 0 Å². The number of benzene rings is 2. The zero-order valence-electron chi connectivity index (χ0n) is 16.2. The lowest BCUT2D eigenvalue weighted by atomic mass is 9.99. The van der Waals surface area contributed by atoms with Gasteiger partial charge in [-0.15, -0.1) is 0 Å². The second kappa shape index (κ2) is 10.5. The summed E-state index contributed by atoms with van der Waals surface area (Å²) >= 11 is 6.11. The third kappa shape index (κ3) is 6.24. The minimum Gasteiger partial charge on any atom is -0.352 e. The Labute approximate surface area is 172 Å². The summed E-state index contributed by atoms with van der Waals surface area (Å²) in [4.78, 5) is 12.4. The van der Waals surface area contributed by atoms with Crippen LogP contribution < -0.4 is 10.0 Å². The topological polar surface area (TPSA) is 75.3 Å². The van der Waals surface area contributed by atoms with Crippen molar-refractivity contribution in [2.24, 2.45) is 5.92 Å². The molecule has 5 nitrogen and oxygen atoms in total. The molecule has 0 aromatic heterocycles. The zero-order chi connectivity index (χ0) is 20.6. The Morgan fingerprint density at radius 2 is 1.82 bits per heavy atom. The molecule has 0 fully saturated rings. The van der Waals surface area contributed by atoms with E-state index in [1.807, 2.05) is 0 Å². The van der Waals surface area contributed by atoms with Gasteiger partial charge in [0.2, 0.25) is 0 Å². The van der Waals surface area contributed by atoms with E-state index in [4.69, 9.17) is 11.6 Å². The normalized spacial score (nSPS) is 12.4. The number of halogens is 1. The van der Waals surface area contributed by atoms with Gasteiger partial charge in [0.15, 0.2) is 0 Å². The van der Waals surface area contributed by atoms with E-state index < -0.39 is 10.0 Å². The lowest BCUT2D eigenvalue weighted by Gasteiger charge is -2.16. The number of carbonyl (C=O) groups excluding carboxylic acids is 1. The van der Waals surface area contributed by atoms with Gasteiger partial charge in [-0.2, -0.15) is 0 Å². The smallest absolute Gasteiger partial charge is 0.263 e. The average molecular weight is 423 g/mol. The second-order valence-corrected chi connectivity index (χ2v) is 8.80. The SMILES string of the molecule is CCCCC(CC)CNC(=O)c1ccc(Cl)c(S(=O)(=O)Nc2ccccc2)c1. The van der Waals surface area contributed by atoms with Crippen molar-refractivity contribution in [3.8, 4) is 0 Å². The summed E-state index contributed by atoms with van der Waals surface area (Å²) in [5.74, 6) is 0.113. The highest BCUT2D eigenvalue weighted by Crippen LogP contribution is 2.25. The number of para-hydroxylation sites is 1. The van der Waals surface area contributed by atoms with E-state index in [2.05, 4.69) is 23.9 Å². The third-order valence-corrected chi connectivity index (χ3v) is 6.47. The molecule has 0 heterocycles. The standard InChI is InChI=1S/C21H27ClN2O3S/c1-3-5-9-16(4-2)15-23-21(25)17-12-13-19(22)20(14-17)28(26,27)24-18-10-7-6-8-11-18/h6-8,10-14,16,24H,3-5,9,15H2,1-2H3,(H,23,25). The quantitative estimate of drug-likeness (QED) is 0.560. The highest BCUT2D eigenvalue weighted by atomic mass is 35.5. The van der Waals surface area contributed by atoms with E-state index in [0.29, 0.717) is 18.2 Å². The van der Waals surface area contributed by atoms with Crippen molar-refractivity contribution in [3.63, 3.8) is 0 Å². The molecule has 0 spiro atoms. The van der Waals surface area contributed by atoms with Gasteiger partial charge >= 0.3 is 0 Å². The van der Waals surface area contributed by atoms with Gasteiger partial charge < -0.3 is 5.32 Å². The summed E-state index contributed by atoms with van der Waals surface area (Å²) in [5.41, 5.74) is 0.693. The van der Waals surface area contributed by atoms with Gasteiger partial charge in [-0.3, -0.25) is 9.52 Å². The van der Waals surface area contributed by atoms with Crippen molar-refractivity contribution in [3.05, 3.63) is 59.1 Å². The van der Waals surface area contributed by atoms with Gasteiger partial charge in [0.05, 0.1) is 5.02 Å². The molecule has 1 amide bonds. The minimum absolute atomic E-state index is 0.0642. The highest BCUT2D eigenvalue weighted by Gasteiger charge is 2.20. The molecule has 0 radical (unpaired) electrons. The Balaban J connectivity index is 2.14. The van der Waals surface area contributed by atoms with E-state index in [9.17, 15) is 13.2 Å². The molecule has 7 heteroatoms. The Bertz CT molecular complexity index is 886. The molecule has 0 aliphatic carbocycles. The summed E-state index contributed by atoms with van der Waals surface area (Å²) in [6, 6.07) is 12.8. The Morgan fingerprint density at radius 3 is 2.46 bits per heavy atom. The molecule has 0 bridgehead atoms. The fourth-order valence-corrected chi connectivity index (χ4v) is 4.43. The number of nitrogens with one attached hydrogen (secondary N) is 2. The number of hydrogen-bond acceptors (Lipinski definition) is 3. The summed E-state index contributed by atoms with van der Waals surface area (Å²) in [6.45, 7) is 4.82. The summed E-state index contributed by atoms with van der Waals surface area (Å²) in [6.07, 6.45) is 4.30. The molecule has 2 aromatic rings. The van der Waals surface area contributed by atoms with Gasteiger partial charge in [-0.1, -0.05) is 62.9 Å². The molecule has 0 aliphatic rings. The number of carbonyl (C=O) groups is 1. The van der Waals surface area contributed by atoms with E-state index >= 15 is 0 Å². The lowest BCUT2D eigenvalue weighted by molar-refractivity contribution is 0.0945. The molecule has 0 saturated heterocycles. The summed E-state index contributed by atoms with van der Waals surface area (Å²) in [7, 11) is -3.91. The van der Waals surface area contributed by atoms with Crippen molar-refractivity contribution in [2.75, 3.05) is 11.3 Å². The number of amides is 1. The molecule has 0 saturated carbocycles. The van der Waals surface area contributed by atoms with Crippen molar-refractivity contribution in [1.82, 2.24) is 5.32 Å². The Kier molecular flexibility index (Phi) is 8.33. The van der Waals surface area contributed by atoms with Crippen molar-refractivity contribution in [2.45, 2.75) is 44.4 Å². The van der Waals surface area contributed by atoms with Crippen LogP contribution in [0.4, 0.5) is 5.69 Å².